The highest BCUT2D eigenvalue weighted by molar-refractivity contribution is 6.02. The molecule has 166 valence electrons. The summed E-state index contributed by atoms with van der Waals surface area (Å²) in [6.45, 7) is -0.755. The third-order valence-electron chi connectivity index (χ3n) is 4.09. The fraction of sp³-hybridized carbons (Fsp3) is 0.105. The lowest BCUT2D eigenvalue weighted by atomic mass is 10.1. The Hall–Kier alpha value is -4.42. The molecule has 0 spiro atoms. The minimum Gasteiger partial charge on any atom is -0.459 e. The Morgan fingerprint density at radius 2 is 1.88 bits per heavy atom. The third-order valence-corrected chi connectivity index (χ3v) is 4.09. The predicted octanol–water partition coefficient (Wildman–Crippen LogP) is 3.26. The van der Waals surface area contributed by atoms with E-state index in [9.17, 15) is 37.7 Å². The topological polar surface area (TPSA) is 136 Å². The normalized spacial score (nSPS) is 11.1. The molecule has 2 amide bonds. The molecule has 3 rings (SSSR count). The lowest BCUT2D eigenvalue weighted by Gasteiger charge is -2.16. The van der Waals surface area contributed by atoms with Gasteiger partial charge in [-0.3, -0.25) is 29.1 Å². The highest BCUT2D eigenvalue weighted by Gasteiger charge is 2.34. The maximum absolute atomic E-state index is 13.5. The minimum absolute atomic E-state index is 0.113. The fourth-order valence-electron chi connectivity index (χ4n) is 2.66. The first-order chi connectivity index (χ1) is 15.0. The van der Waals surface area contributed by atoms with Crippen molar-refractivity contribution in [1.82, 2.24) is 4.57 Å². The standard InChI is InChI=1S/C19H13F3N4O6/c20-19(21,22)13-8-11(23-18(29)15-2-1-7-32-15)3-5-14(13)24-16(27)10-25-9-12(26(30)31)4-6-17(25)28/h1-9H,10H2,(H,23,29)(H,24,27). The van der Waals surface area contributed by atoms with Crippen LogP contribution in [0.2, 0.25) is 0 Å². The number of nitrogens with zero attached hydrogens (tertiary/aromatic N) is 2. The third kappa shape index (κ3) is 5.19. The van der Waals surface area contributed by atoms with Crippen LogP contribution in [0.4, 0.5) is 30.2 Å². The monoisotopic (exact) mass is 450 g/mol. The number of nitrogens with one attached hydrogen (secondary N) is 2. The smallest absolute Gasteiger partial charge is 0.418 e. The summed E-state index contributed by atoms with van der Waals surface area (Å²) in [6, 6.07) is 7.24. The highest BCUT2D eigenvalue weighted by Crippen LogP contribution is 2.36. The van der Waals surface area contributed by atoms with Crippen molar-refractivity contribution in [3.05, 3.63) is 86.7 Å². The van der Waals surface area contributed by atoms with Crippen molar-refractivity contribution < 1.29 is 32.1 Å². The molecular formula is C19H13F3N4O6. The number of hydrogen-bond donors (Lipinski definition) is 2. The summed E-state index contributed by atoms with van der Waals surface area (Å²) in [4.78, 5) is 46.0. The number of furan rings is 1. The van der Waals surface area contributed by atoms with Gasteiger partial charge in [0.15, 0.2) is 5.76 Å². The Labute approximate surface area is 176 Å². The van der Waals surface area contributed by atoms with Gasteiger partial charge in [-0.15, -0.1) is 0 Å². The van der Waals surface area contributed by atoms with E-state index in [1.165, 1.54) is 18.4 Å². The number of hydrogen-bond acceptors (Lipinski definition) is 6. The Morgan fingerprint density at radius 1 is 1.12 bits per heavy atom. The summed E-state index contributed by atoms with van der Waals surface area (Å²) in [5.74, 6) is -1.91. The number of rotatable bonds is 6. The summed E-state index contributed by atoms with van der Waals surface area (Å²) >= 11 is 0. The van der Waals surface area contributed by atoms with E-state index in [1.807, 2.05) is 5.32 Å². The van der Waals surface area contributed by atoms with Gasteiger partial charge in [0.25, 0.3) is 17.2 Å². The van der Waals surface area contributed by atoms with E-state index in [1.54, 1.807) is 0 Å². The molecule has 10 nitrogen and oxygen atoms in total. The van der Waals surface area contributed by atoms with Crippen molar-refractivity contribution in [1.29, 1.82) is 0 Å². The van der Waals surface area contributed by atoms with Crippen LogP contribution in [0.5, 0.6) is 0 Å². The lowest BCUT2D eigenvalue weighted by molar-refractivity contribution is -0.385. The molecule has 0 aliphatic heterocycles. The van der Waals surface area contributed by atoms with Crippen LogP contribution in [-0.2, 0) is 17.5 Å². The van der Waals surface area contributed by atoms with Gasteiger partial charge in [-0.1, -0.05) is 0 Å². The van der Waals surface area contributed by atoms with Crippen molar-refractivity contribution in [2.24, 2.45) is 0 Å². The SMILES string of the molecule is O=C(Cn1cc([N+](=O)[O-])ccc1=O)Nc1ccc(NC(=O)c2ccco2)cc1C(F)(F)F. The first-order valence-corrected chi connectivity index (χ1v) is 8.75. The van der Waals surface area contributed by atoms with Crippen molar-refractivity contribution in [2.45, 2.75) is 12.7 Å². The molecule has 2 heterocycles. The molecule has 0 fully saturated rings. The molecule has 0 saturated heterocycles. The zero-order valence-corrected chi connectivity index (χ0v) is 15.9. The second-order valence-corrected chi connectivity index (χ2v) is 6.35. The molecule has 32 heavy (non-hydrogen) atoms. The molecule has 1 aromatic carbocycles. The average molecular weight is 450 g/mol. The minimum atomic E-state index is -4.89. The van der Waals surface area contributed by atoms with Gasteiger partial charge in [0, 0.05) is 17.8 Å². The first kappa shape index (κ1) is 22.3. The number of carbonyl (C=O) groups excluding carboxylic acids is 2. The van der Waals surface area contributed by atoms with Crippen LogP contribution in [0.25, 0.3) is 0 Å². The van der Waals surface area contributed by atoms with Crippen molar-refractivity contribution >= 4 is 28.9 Å². The van der Waals surface area contributed by atoms with E-state index in [4.69, 9.17) is 4.42 Å². The van der Waals surface area contributed by atoms with Gasteiger partial charge in [-0.05, 0) is 30.3 Å². The first-order valence-electron chi connectivity index (χ1n) is 8.75. The number of aromatic nitrogens is 1. The zero-order chi connectivity index (χ0) is 23.5. The Kier molecular flexibility index (Phi) is 6.09. The van der Waals surface area contributed by atoms with E-state index in [-0.39, 0.29) is 11.4 Å². The molecule has 13 heteroatoms. The molecule has 3 aromatic rings. The number of nitro groups is 1. The van der Waals surface area contributed by atoms with Gasteiger partial charge in [0.1, 0.15) is 6.54 Å². The molecule has 0 saturated carbocycles. The molecule has 2 N–H and O–H groups in total. The highest BCUT2D eigenvalue weighted by atomic mass is 19.4. The average Bonchev–Trinajstić information content (AvgIpc) is 3.25. The summed E-state index contributed by atoms with van der Waals surface area (Å²) in [5.41, 5.74) is -3.30. The van der Waals surface area contributed by atoms with Crippen molar-refractivity contribution in [3.8, 4) is 0 Å². The Morgan fingerprint density at radius 3 is 2.50 bits per heavy atom. The number of pyridine rings is 1. The van der Waals surface area contributed by atoms with Gasteiger partial charge >= 0.3 is 6.18 Å². The maximum Gasteiger partial charge on any atom is 0.418 e. The van der Waals surface area contributed by atoms with Crippen LogP contribution < -0.4 is 16.2 Å². The summed E-state index contributed by atoms with van der Waals surface area (Å²) in [5, 5.41) is 15.1. The van der Waals surface area contributed by atoms with Gasteiger partial charge < -0.3 is 15.1 Å². The second-order valence-electron chi connectivity index (χ2n) is 6.35. The van der Waals surface area contributed by atoms with Crippen LogP contribution in [0.1, 0.15) is 16.1 Å². The summed E-state index contributed by atoms with van der Waals surface area (Å²) < 4.78 is 46.1. The maximum atomic E-state index is 13.5. The predicted molar refractivity (Wildman–Crippen MR) is 104 cm³/mol. The Balaban J connectivity index is 1.82. The van der Waals surface area contributed by atoms with Gasteiger partial charge in [0.05, 0.1) is 28.6 Å². The summed E-state index contributed by atoms with van der Waals surface area (Å²) in [6.07, 6.45) is -2.86. The molecule has 2 aromatic heterocycles. The fourth-order valence-corrected chi connectivity index (χ4v) is 2.66. The second kappa shape index (κ2) is 8.75. The van der Waals surface area contributed by atoms with E-state index in [0.717, 1.165) is 30.5 Å². The van der Waals surface area contributed by atoms with E-state index >= 15 is 0 Å². The van der Waals surface area contributed by atoms with Gasteiger partial charge in [-0.25, -0.2) is 0 Å². The molecule has 0 unspecified atom stereocenters. The number of benzene rings is 1. The molecule has 0 atom stereocenters. The van der Waals surface area contributed by atoms with E-state index in [0.29, 0.717) is 10.6 Å². The zero-order valence-electron chi connectivity index (χ0n) is 15.9. The van der Waals surface area contributed by atoms with E-state index < -0.39 is 52.0 Å². The van der Waals surface area contributed by atoms with Crippen LogP contribution in [0.3, 0.4) is 0 Å². The van der Waals surface area contributed by atoms with Crippen molar-refractivity contribution in [2.75, 3.05) is 10.6 Å². The molecule has 0 aliphatic rings. The van der Waals surface area contributed by atoms with Crippen LogP contribution in [0.15, 0.2) is 64.1 Å². The molecular weight excluding hydrogens is 437 g/mol. The van der Waals surface area contributed by atoms with Crippen LogP contribution >= 0.6 is 0 Å². The summed E-state index contributed by atoms with van der Waals surface area (Å²) in [7, 11) is 0. The Bertz CT molecular complexity index is 1230. The van der Waals surface area contributed by atoms with Crippen LogP contribution in [0, 0.1) is 10.1 Å². The number of carbonyl (C=O) groups is 2. The van der Waals surface area contributed by atoms with Gasteiger partial charge in [0.2, 0.25) is 5.91 Å². The number of alkyl halides is 3. The van der Waals surface area contributed by atoms with Crippen LogP contribution in [-0.4, -0.2) is 21.3 Å². The van der Waals surface area contributed by atoms with Crippen molar-refractivity contribution in [3.63, 3.8) is 0 Å². The quantitative estimate of drug-likeness (QED) is 0.437. The van der Waals surface area contributed by atoms with E-state index in [2.05, 4.69) is 5.32 Å². The molecule has 0 aliphatic carbocycles. The largest absolute Gasteiger partial charge is 0.459 e. The lowest BCUT2D eigenvalue weighted by Crippen LogP contribution is -2.27. The number of amides is 2. The number of halogens is 3. The molecule has 0 radical (unpaired) electrons. The number of anilines is 2. The molecule has 0 bridgehead atoms. The van der Waals surface area contributed by atoms with Gasteiger partial charge in [-0.2, -0.15) is 13.2 Å².